The first kappa shape index (κ1) is 11.8. The maximum absolute atomic E-state index is 10.7. The highest BCUT2D eigenvalue weighted by molar-refractivity contribution is 5.79. The molecule has 0 aliphatic carbocycles. The fraction of sp³-hybridized carbons (Fsp3) is 0.200. The minimum absolute atomic E-state index is 0.0297. The van der Waals surface area contributed by atoms with Crippen molar-refractivity contribution in [3.05, 3.63) is 29.8 Å². The van der Waals surface area contributed by atoms with Crippen LogP contribution in [-0.4, -0.2) is 33.4 Å². The summed E-state index contributed by atoms with van der Waals surface area (Å²) < 4.78 is 0. The molecule has 0 aromatic heterocycles. The van der Waals surface area contributed by atoms with Crippen LogP contribution in [0, 0.1) is 0 Å². The van der Waals surface area contributed by atoms with Gasteiger partial charge in [-0.15, -0.1) is 0 Å². The molecule has 86 valence electrons. The molecule has 0 aliphatic rings. The highest BCUT2D eigenvalue weighted by Crippen LogP contribution is 2.11. The first-order chi connectivity index (χ1) is 7.49. The van der Waals surface area contributed by atoms with Crippen LogP contribution in [-0.2, 0) is 11.2 Å². The number of hydrogen-bond acceptors (Lipinski definition) is 3. The number of aliphatic carboxylic acids is 1. The van der Waals surface area contributed by atoms with E-state index in [2.05, 4.69) is 0 Å². The zero-order valence-electron chi connectivity index (χ0n) is 8.25. The van der Waals surface area contributed by atoms with E-state index in [0.29, 0.717) is 5.56 Å². The molecule has 0 radical (unpaired) electrons. The summed E-state index contributed by atoms with van der Waals surface area (Å²) in [5.74, 6) is -1.17. The van der Waals surface area contributed by atoms with Crippen molar-refractivity contribution in [3.63, 3.8) is 0 Å². The van der Waals surface area contributed by atoms with Gasteiger partial charge >= 0.3 is 12.1 Å². The Kier molecular flexibility index (Phi) is 3.71. The van der Waals surface area contributed by atoms with Gasteiger partial charge in [0.1, 0.15) is 11.8 Å². The van der Waals surface area contributed by atoms with E-state index in [1.165, 1.54) is 24.3 Å². The van der Waals surface area contributed by atoms with Crippen molar-refractivity contribution in [1.29, 1.82) is 0 Å². The first-order valence-corrected chi connectivity index (χ1v) is 4.49. The van der Waals surface area contributed by atoms with Crippen molar-refractivity contribution in [2.45, 2.75) is 12.5 Å². The second kappa shape index (κ2) is 5.01. The van der Waals surface area contributed by atoms with Crippen LogP contribution in [0.1, 0.15) is 5.56 Å². The largest absolute Gasteiger partial charge is 0.508 e. The van der Waals surface area contributed by atoms with Gasteiger partial charge in [-0.2, -0.15) is 0 Å². The quantitative estimate of drug-likeness (QED) is 0.602. The van der Waals surface area contributed by atoms with Crippen LogP contribution in [0.2, 0.25) is 0 Å². The van der Waals surface area contributed by atoms with Gasteiger partial charge in [0.2, 0.25) is 0 Å². The number of nitrogens with one attached hydrogen (secondary N) is 1. The SMILES string of the molecule is O=C(O)NC(Cc1ccc(O)cc1)C(=O)O. The number of aromatic hydroxyl groups is 1. The van der Waals surface area contributed by atoms with Gasteiger partial charge < -0.3 is 20.6 Å². The average molecular weight is 225 g/mol. The fourth-order valence-corrected chi connectivity index (χ4v) is 1.22. The number of amides is 1. The second-order valence-corrected chi connectivity index (χ2v) is 3.21. The minimum atomic E-state index is -1.38. The monoisotopic (exact) mass is 225 g/mol. The molecule has 1 aromatic carbocycles. The summed E-state index contributed by atoms with van der Waals surface area (Å²) in [5, 5.41) is 28.1. The number of carbonyl (C=O) groups is 2. The van der Waals surface area contributed by atoms with Crippen molar-refractivity contribution in [2.24, 2.45) is 0 Å². The maximum Gasteiger partial charge on any atom is 0.405 e. The van der Waals surface area contributed by atoms with Crippen molar-refractivity contribution in [3.8, 4) is 5.75 Å². The zero-order valence-corrected chi connectivity index (χ0v) is 8.25. The Morgan fingerprint density at radius 2 is 1.75 bits per heavy atom. The molecule has 6 heteroatoms. The van der Waals surface area contributed by atoms with Crippen LogP contribution in [0.5, 0.6) is 5.75 Å². The summed E-state index contributed by atoms with van der Waals surface area (Å²) in [7, 11) is 0. The number of benzene rings is 1. The molecule has 0 spiro atoms. The molecule has 0 bridgehead atoms. The third-order valence-corrected chi connectivity index (χ3v) is 1.97. The van der Waals surface area contributed by atoms with Crippen LogP contribution >= 0.6 is 0 Å². The molecule has 0 saturated carbocycles. The number of carboxylic acids is 1. The van der Waals surface area contributed by atoms with Crippen LogP contribution in [0.3, 0.4) is 0 Å². The predicted molar refractivity (Wildman–Crippen MR) is 54.4 cm³/mol. The van der Waals surface area contributed by atoms with Crippen LogP contribution < -0.4 is 5.32 Å². The summed E-state index contributed by atoms with van der Waals surface area (Å²) in [5.41, 5.74) is 0.624. The molecular weight excluding hydrogens is 214 g/mol. The number of carboxylic acid groups (broad SMARTS) is 2. The summed E-state index contributed by atoms with van der Waals surface area (Å²) in [6.45, 7) is 0. The Bertz CT molecular complexity index is 387. The van der Waals surface area contributed by atoms with Crippen molar-refractivity contribution in [1.82, 2.24) is 5.32 Å². The predicted octanol–water partition coefficient (Wildman–Crippen LogP) is 0.655. The van der Waals surface area contributed by atoms with Gasteiger partial charge in [0.25, 0.3) is 0 Å². The van der Waals surface area contributed by atoms with Gasteiger partial charge in [-0.3, -0.25) is 0 Å². The van der Waals surface area contributed by atoms with E-state index in [1.807, 2.05) is 5.32 Å². The van der Waals surface area contributed by atoms with Crippen molar-refractivity contribution in [2.75, 3.05) is 0 Å². The van der Waals surface area contributed by atoms with Gasteiger partial charge in [0.05, 0.1) is 0 Å². The molecule has 0 fully saturated rings. The number of phenolic OH excluding ortho intramolecular Hbond substituents is 1. The number of rotatable bonds is 4. The van der Waals surface area contributed by atoms with E-state index in [0.717, 1.165) is 0 Å². The maximum atomic E-state index is 10.7. The third-order valence-electron chi connectivity index (χ3n) is 1.97. The molecule has 0 saturated heterocycles. The average Bonchev–Trinajstić information content (AvgIpc) is 2.19. The Labute approximate surface area is 91.1 Å². The molecule has 1 aromatic rings. The number of hydrogen-bond donors (Lipinski definition) is 4. The fourth-order valence-electron chi connectivity index (χ4n) is 1.22. The van der Waals surface area contributed by atoms with Crippen molar-refractivity contribution < 1.29 is 24.9 Å². The third kappa shape index (κ3) is 3.49. The lowest BCUT2D eigenvalue weighted by Gasteiger charge is -2.11. The van der Waals surface area contributed by atoms with Gasteiger partial charge in [0, 0.05) is 6.42 Å². The molecule has 0 aliphatic heterocycles. The molecule has 1 rings (SSSR count). The standard InChI is InChI=1S/C10H11NO5/c12-7-3-1-6(2-4-7)5-8(9(13)14)11-10(15)16/h1-4,8,11-12H,5H2,(H,13,14)(H,15,16). The normalized spacial score (nSPS) is 11.8. The Morgan fingerprint density at radius 3 is 2.19 bits per heavy atom. The lowest BCUT2D eigenvalue weighted by molar-refractivity contribution is -0.139. The first-order valence-electron chi connectivity index (χ1n) is 4.49. The van der Waals surface area contributed by atoms with Crippen LogP contribution in [0.15, 0.2) is 24.3 Å². The van der Waals surface area contributed by atoms with E-state index >= 15 is 0 Å². The lowest BCUT2D eigenvalue weighted by atomic mass is 10.1. The minimum Gasteiger partial charge on any atom is -0.508 e. The Hall–Kier alpha value is -2.24. The molecule has 0 heterocycles. The molecule has 6 nitrogen and oxygen atoms in total. The van der Waals surface area contributed by atoms with Gasteiger partial charge in [-0.1, -0.05) is 12.1 Å². The highest BCUT2D eigenvalue weighted by Gasteiger charge is 2.19. The lowest BCUT2D eigenvalue weighted by Crippen LogP contribution is -2.41. The molecule has 1 atom stereocenters. The van der Waals surface area contributed by atoms with E-state index < -0.39 is 18.1 Å². The zero-order chi connectivity index (χ0) is 12.1. The van der Waals surface area contributed by atoms with E-state index in [4.69, 9.17) is 15.3 Å². The van der Waals surface area contributed by atoms with E-state index in [-0.39, 0.29) is 12.2 Å². The summed E-state index contributed by atoms with van der Waals surface area (Å²) in [6, 6.07) is 4.70. The molecule has 16 heavy (non-hydrogen) atoms. The number of phenols is 1. The van der Waals surface area contributed by atoms with Gasteiger partial charge in [-0.05, 0) is 17.7 Å². The molecular formula is C10H11NO5. The van der Waals surface area contributed by atoms with Gasteiger partial charge in [0.15, 0.2) is 0 Å². The highest BCUT2D eigenvalue weighted by atomic mass is 16.4. The Balaban J connectivity index is 2.71. The second-order valence-electron chi connectivity index (χ2n) is 3.21. The topological polar surface area (TPSA) is 107 Å². The van der Waals surface area contributed by atoms with Crippen molar-refractivity contribution >= 4 is 12.1 Å². The smallest absolute Gasteiger partial charge is 0.405 e. The summed E-state index contributed by atoms with van der Waals surface area (Å²) in [6.07, 6.45) is -1.35. The van der Waals surface area contributed by atoms with Gasteiger partial charge in [-0.25, -0.2) is 9.59 Å². The molecule has 1 unspecified atom stereocenters. The van der Waals surface area contributed by atoms with Crippen LogP contribution in [0.4, 0.5) is 4.79 Å². The van der Waals surface area contributed by atoms with E-state index in [1.54, 1.807) is 0 Å². The molecule has 4 N–H and O–H groups in total. The van der Waals surface area contributed by atoms with Crippen LogP contribution in [0.25, 0.3) is 0 Å². The Morgan fingerprint density at radius 1 is 1.19 bits per heavy atom. The summed E-state index contributed by atoms with van der Waals surface area (Å²) >= 11 is 0. The molecule has 1 amide bonds. The summed E-state index contributed by atoms with van der Waals surface area (Å²) in [4.78, 5) is 21.1. The van der Waals surface area contributed by atoms with E-state index in [9.17, 15) is 9.59 Å².